The van der Waals surface area contributed by atoms with Crippen LogP contribution in [0.2, 0.25) is 0 Å². The fourth-order valence-corrected chi connectivity index (χ4v) is 2.97. The summed E-state index contributed by atoms with van der Waals surface area (Å²) >= 11 is 0. The minimum atomic E-state index is 0.180. The van der Waals surface area contributed by atoms with Gasteiger partial charge in [-0.3, -0.25) is 0 Å². The normalized spacial score (nSPS) is 17.0. The zero-order valence-electron chi connectivity index (χ0n) is 13.2. The second-order valence-corrected chi connectivity index (χ2v) is 5.98. The van der Waals surface area contributed by atoms with Crippen molar-refractivity contribution in [1.29, 1.82) is 0 Å². The van der Waals surface area contributed by atoms with Gasteiger partial charge >= 0.3 is 0 Å². The molecule has 2 heteroatoms. The fraction of sp³-hybridized carbons (Fsp3) is 0.579. The van der Waals surface area contributed by atoms with Crippen LogP contribution in [0.25, 0.3) is 6.08 Å². The summed E-state index contributed by atoms with van der Waals surface area (Å²) in [4.78, 5) is 0. The van der Waals surface area contributed by atoms with E-state index in [1.165, 1.54) is 37.7 Å². The largest absolute Gasteiger partial charge is 0.494 e. The van der Waals surface area contributed by atoms with E-state index in [9.17, 15) is 5.11 Å². The third kappa shape index (κ3) is 5.20. The summed E-state index contributed by atoms with van der Waals surface area (Å²) in [6.45, 7) is 3.13. The van der Waals surface area contributed by atoms with Crippen LogP contribution in [0.3, 0.4) is 0 Å². The highest BCUT2D eigenvalue weighted by Gasteiger charge is 2.17. The molecule has 21 heavy (non-hydrogen) atoms. The van der Waals surface area contributed by atoms with Crippen molar-refractivity contribution in [3.05, 3.63) is 35.4 Å². The standard InChI is InChI=1S/C19H28O2/c1-2-3-13-21-19-11-9-16(10-12-19)14-18(15-20)17-7-5-4-6-8-17/h9-12,14,17,20H,2-8,13,15H2,1H3/b18-14-. The van der Waals surface area contributed by atoms with Gasteiger partial charge in [0.05, 0.1) is 13.2 Å². The number of aliphatic hydroxyl groups is 1. The van der Waals surface area contributed by atoms with Crippen LogP contribution in [-0.4, -0.2) is 18.3 Å². The average Bonchev–Trinajstić information content (AvgIpc) is 2.55. The first-order valence-corrected chi connectivity index (χ1v) is 8.37. The molecule has 0 aromatic heterocycles. The van der Waals surface area contributed by atoms with Crippen molar-refractivity contribution >= 4 is 6.08 Å². The van der Waals surface area contributed by atoms with Crippen molar-refractivity contribution in [3.8, 4) is 5.75 Å². The Hall–Kier alpha value is -1.28. The van der Waals surface area contributed by atoms with Crippen molar-refractivity contribution in [2.75, 3.05) is 13.2 Å². The van der Waals surface area contributed by atoms with Gasteiger partial charge in [0.2, 0.25) is 0 Å². The molecule has 0 heterocycles. The topological polar surface area (TPSA) is 29.5 Å². The minimum absolute atomic E-state index is 0.180. The van der Waals surface area contributed by atoms with E-state index >= 15 is 0 Å². The van der Waals surface area contributed by atoms with Crippen molar-refractivity contribution in [2.45, 2.75) is 51.9 Å². The Balaban J connectivity index is 1.97. The van der Waals surface area contributed by atoms with Crippen LogP contribution in [-0.2, 0) is 0 Å². The van der Waals surface area contributed by atoms with Gasteiger partial charge in [-0.2, -0.15) is 0 Å². The maximum atomic E-state index is 9.64. The third-order valence-electron chi connectivity index (χ3n) is 4.31. The minimum Gasteiger partial charge on any atom is -0.494 e. The van der Waals surface area contributed by atoms with Crippen LogP contribution >= 0.6 is 0 Å². The lowest BCUT2D eigenvalue weighted by atomic mass is 9.83. The van der Waals surface area contributed by atoms with Gasteiger partial charge < -0.3 is 9.84 Å². The molecule has 0 bridgehead atoms. The van der Waals surface area contributed by atoms with Gasteiger partial charge in [0.15, 0.2) is 0 Å². The summed E-state index contributed by atoms with van der Waals surface area (Å²) in [6.07, 6.45) is 10.8. The van der Waals surface area contributed by atoms with Crippen LogP contribution in [0.4, 0.5) is 0 Å². The van der Waals surface area contributed by atoms with Crippen molar-refractivity contribution in [2.24, 2.45) is 5.92 Å². The molecule has 1 aromatic rings. The summed E-state index contributed by atoms with van der Waals surface area (Å²) in [6, 6.07) is 8.22. The summed E-state index contributed by atoms with van der Waals surface area (Å²) in [5.41, 5.74) is 2.35. The molecular weight excluding hydrogens is 260 g/mol. The lowest BCUT2D eigenvalue weighted by Crippen LogP contribution is -2.11. The molecule has 0 atom stereocenters. The SMILES string of the molecule is CCCCOc1ccc(/C=C(/CO)C2CCCCC2)cc1. The van der Waals surface area contributed by atoms with Gasteiger partial charge in [0.1, 0.15) is 5.75 Å². The Morgan fingerprint density at radius 3 is 2.52 bits per heavy atom. The molecule has 0 aliphatic heterocycles. The zero-order chi connectivity index (χ0) is 14.9. The van der Waals surface area contributed by atoms with Gasteiger partial charge in [-0.25, -0.2) is 0 Å². The lowest BCUT2D eigenvalue weighted by Gasteiger charge is -2.23. The van der Waals surface area contributed by atoms with Gasteiger partial charge in [-0.1, -0.05) is 50.8 Å². The molecule has 0 unspecified atom stereocenters. The molecule has 2 nitrogen and oxygen atoms in total. The lowest BCUT2D eigenvalue weighted by molar-refractivity contribution is 0.295. The summed E-state index contributed by atoms with van der Waals surface area (Å²) < 4.78 is 5.68. The van der Waals surface area contributed by atoms with Crippen LogP contribution in [0, 0.1) is 5.92 Å². The number of ether oxygens (including phenoxy) is 1. The first-order valence-electron chi connectivity index (χ1n) is 8.37. The van der Waals surface area contributed by atoms with Crippen LogP contribution in [0.5, 0.6) is 5.75 Å². The number of aliphatic hydroxyl groups excluding tert-OH is 1. The van der Waals surface area contributed by atoms with E-state index in [1.54, 1.807) is 0 Å². The highest BCUT2D eigenvalue weighted by Crippen LogP contribution is 2.30. The molecule has 0 spiro atoms. The molecule has 116 valence electrons. The molecule has 1 aromatic carbocycles. The first kappa shape index (κ1) is 16.1. The Morgan fingerprint density at radius 1 is 1.19 bits per heavy atom. The van der Waals surface area contributed by atoms with Gasteiger partial charge in [-0.15, -0.1) is 0 Å². The van der Waals surface area contributed by atoms with Crippen LogP contribution < -0.4 is 4.74 Å². The zero-order valence-corrected chi connectivity index (χ0v) is 13.2. The molecule has 1 fully saturated rings. The van der Waals surface area contributed by atoms with E-state index in [1.807, 2.05) is 12.1 Å². The maximum Gasteiger partial charge on any atom is 0.119 e. The Bertz CT molecular complexity index is 427. The average molecular weight is 288 g/mol. The number of hydrogen-bond donors (Lipinski definition) is 1. The predicted molar refractivity (Wildman–Crippen MR) is 88.5 cm³/mol. The summed E-state index contributed by atoms with van der Waals surface area (Å²) in [5.74, 6) is 1.51. The van der Waals surface area contributed by atoms with Crippen molar-refractivity contribution in [1.82, 2.24) is 0 Å². The van der Waals surface area contributed by atoms with Gasteiger partial charge in [0, 0.05) is 0 Å². The molecular formula is C19H28O2. The maximum absolute atomic E-state index is 9.64. The quantitative estimate of drug-likeness (QED) is 0.729. The summed E-state index contributed by atoms with van der Waals surface area (Å²) in [5, 5.41) is 9.64. The number of benzene rings is 1. The van der Waals surface area contributed by atoms with E-state index in [2.05, 4.69) is 25.1 Å². The van der Waals surface area contributed by atoms with E-state index in [4.69, 9.17) is 4.74 Å². The van der Waals surface area contributed by atoms with Crippen LogP contribution in [0.1, 0.15) is 57.4 Å². The van der Waals surface area contributed by atoms with Crippen molar-refractivity contribution < 1.29 is 9.84 Å². The van der Waals surface area contributed by atoms with E-state index < -0.39 is 0 Å². The van der Waals surface area contributed by atoms with Crippen LogP contribution in [0.15, 0.2) is 29.8 Å². The monoisotopic (exact) mass is 288 g/mol. The first-order chi connectivity index (χ1) is 10.3. The van der Waals surface area contributed by atoms with Gasteiger partial charge in [0.25, 0.3) is 0 Å². The molecule has 1 N–H and O–H groups in total. The van der Waals surface area contributed by atoms with Crippen molar-refractivity contribution in [3.63, 3.8) is 0 Å². The Kier molecular flexibility index (Phi) is 6.81. The molecule has 1 aliphatic rings. The third-order valence-corrected chi connectivity index (χ3v) is 4.31. The number of rotatable bonds is 7. The smallest absolute Gasteiger partial charge is 0.119 e. The fourth-order valence-electron chi connectivity index (χ4n) is 2.97. The number of hydrogen-bond acceptors (Lipinski definition) is 2. The molecule has 1 saturated carbocycles. The van der Waals surface area contributed by atoms with Gasteiger partial charge in [-0.05, 0) is 48.4 Å². The second kappa shape index (κ2) is 8.89. The molecule has 2 rings (SSSR count). The highest BCUT2D eigenvalue weighted by molar-refractivity contribution is 5.54. The Morgan fingerprint density at radius 2 is 1.90 bits per heavy atom. The van der Waals surface area contributed by atoms with E-state index in [0.29, 0.717) is 5.92 Å². The second-order valence-electron chi connectivity index (χ2n) is 5.98. The summed E-state index contributed by atoms with van der Waals surface area (Å²) in [7, 11) is 0. The Labute approximate surface area is 128 Å². The molecule has 0 saturated heterocycles. The number of unbranched alkanes of at least 4 members (excludes halogenated alkanes) is 1. The van der Waals surface area contributed by atoms with E-state index in [-0.39, 0.29) is 6.61 Å². The van der Waals surface area contributed by atoms with E-state index in [0.717, 1.165) is 30.8 Å². The molecule has 0 amide bonds. The molecule has 0 radical (unpaired) electrons. The molecule has 1 aliphatic carbocycles. The predicted octanol–water partition coefficient (Wildman–Crippen LogP) is 4.82. The highest BCUT2D eigenvalue weighted by atomic mass is 16.5.